The first-order valence-corrected chi connectivity index (χ1v) is 9.79. The van der Waals surface area contributed by atoms with Crippen molar-refractivity contribution in [3.8, 4) is 0 Å². The number of nitrogens with one attached hydrogen (secondary N) is 2. The summed E-state index contributed by atoms with van der Waals surface area (Å²) in [6.45, 7) is 4.11. The maximum atomic E-state index is 13.0. The second-order valence-corrected chi connectivity index (χ2v) is 7.53. The van der Waals surface area contributed by atoms with Gasteiger partial charge in [-0.1, -0.05) is 12.1 Å². The van der Waals surface area contributed by atoms with E-state index in [0.717, 1.165) is 37.1 Å². The Kier molecular flexibility index (Phi) is 5.39. The molecule has 1 amide bonds. The third-order valence-electron chi connectivity index (χ3n) is 5.63. The number of benzene rings is 1. The summed E-state index contributed by atoms with van der Waals surface area (Å²) in [5.74, 6) is 0.234. The Hall–Kier alpha value is -2.73. The molecule has 0 unspecified atom stereocenters. The molecule has 146 valence electrons. The Bertz CT molecular complexity index is 945. The summed E-state index contributed by atoms with van der Waals surface area (Å²) in [5, 5.41) is 4.21. The van der Waals surface area contributed by atoms with Crippen molar-refractivity contribution in [3.05, 3.63) is 65.7 Å². The molecule has 0 saturated carbocycles. The van der Waals surface area contributed by atoms with Crippen LogP contribution >= 0.6 is 0 Å². The fourth-order valence-electron chi connectivity index (χ4n) is 4.04. The molecule has 1 aliphatic rings. The van der Waals surface area contributed by atoms with E-state index in [0.29, 0.717) is 12.5 Å². The third-order valence-corrected chi connectivity index (χ3v) is 5.63. The zero-order valence-corrected chi connectivity index (χ0v) is 16.0. The van der Waals surface area contributed by atoms with Gasteiger partial charge in [0.25, 0.3) is 0 Å². The molecular formula is C22H25FN4O. The highest BCUT2D eigenvalue weighted by Gasteiger charge is 2.24. The van der Waals surface area contributed by atoms with Crippen LogP contribution < -0.4 is 5.32 Å². The molecule has 6 heteroatoms. The van der Waals surface area contributed by atoms with Gasteiger partial charge in [-0.2, -0.15) is 0 Å². The molecule has 1 aliphatic heterocycles. The van der Waals surface area contributed by atoms with E-state index in [1.165, 1.54) is 23.1 Å². The van der Waals surface area contributed by atoms with E-state index in [9.17, 15) is 9.18 Å². The molecule has 28 heavy (non-hydrogen) atoms. The van der Waals surface area contributed by atoms with Crippen LogP contribution in [0.15, 0.2) is 48.8 Å². The molecule has 5 nitrogen and oxygen atoms in total. The summed E-state index contributed by atoms with van der Waals surface area (Å²) in [6, 6.07) is 10.2. The number of fused-ring (bicyclic) bond motifs is 1. The van der Waals surface area contributed by atoms with Gasteiger partial charge in [0.05, 0.1) is 12.6 Å². The molecule has 0 radical (unpaired) electrons. The molecule has 1 fully saturated rings. The predicted molar refractivity (Wildman–Crippen MR) is 107 cm³/mol. The lowest BCUT2D eigenvalue weighted by Crippen LogP contribution is -2.41. The quantitative estimate of drug-likeness (QED) is 0.709. The predicted octanol–water partition coefficient (Wildman–Crippen LogP) is 3.76. The van der Waals surface area contributed by atoms with E-state index in [4.69, 9.17) is 0 Å². The maximum absolute atomic E-state index is 13.0. The van der Waals surface area contributed by atoms with Gasteiger partial charge in [0.1, 0.15) is 11.5 Å². The van der Waals surface area contributed by atoms with Crippen molar-refractivity contribution < 1.29 is 9.18 Å². The molecule has 0 aliphatic carbocycles. The first-order valence-electron chi connectivity index (χ1n) is 9.79. The normalized spacial score (nSPS) is 16.9. The highest BCUT2D eigenvalue weighted by atomic mass is 19.1. The molecule has 3 heterocycles. The topological polar surface area (TPSA) is 61.0 Å². The number of aromatic amines is 1. The molecule has 2 N–H and O–H groups in total. The van der Waals surface area contributed by atoms with Crippen molar-refractivity contribution >= 4 is 16.9 Å². The lowest BCUT2D eigenvalue weighted by atomic mass is 9.89. The SMILES string of the molecule is C[C@@H](NC(=O)CN1CCC(c2c[nH]c3ncccc23)CC1)c1ccc(F)cc1. The number of aromatic nitrogens is 2. The number of amides is 1. The van der Waals surface area contributed by atoms with E-state index in [1.807, 2.05) is 13.0 Å². The summed E-state index contributed by atoms with van der Waals surface area (Å²) in [4.78, 5) is 22.2. The van der Waals surface area contributed by atoms with E-state index in [-0.39, 0.29) is 17.8 Å². The minimum absolute atomic E-state index is 0.00608. The van der Waals surface area contributed by atoms with Gasteiger partial charge in [-0.05, 0) is 74.2 Å². The standard InChI is InChI=1S/C22H25FN4O/c1-15(16-4-6-18(23)7-5-16)26-21(28)14-27-11-8-17(9-12-27)20-13-25-22-19(20)3-2-10-24-22/h2-7,10,13,15,17H,8-9,11-12,14H2,1H3,(H,24,25)(H,26,28)/t15-/m1/s1. The molecule has 1 aromatic carbocycles. The van der Waals surface area contributed by atoms with Gasteiger partial charge in [-0.25, -0.2) is 9.37 Å². The number of hydrogen-bond donors (Lipinski definition) is 2. The van der Waals surface area contributed by atoms with Crippen molar-refractivity contribution in [2.45, 2.75) is 31.7 Å². The molecule has 0 bridgehead atoms. The number of carbonyl (C=O) groups is 1. The van der Waals surface area contributed by atoms with Crippen LogP contribution in [0.5, 0.6) is 0 Å². The van der Waals surface area contributed by atoms with Gasteiger partial charge in [-0.3, -0.25) is 9.69 Å². The summed E-state index contributed by atoms with van der Waals surface area (Å²) >= 11 is 0. The third kappa shape index (κ3) is 4.07. The molecule has 2 aromatic heterocycles. The van der Waals surface area contributed by atoms with Crippen molar-refractivity contribution in [3.63, 3.8) is 0 Å². The molecule has 0 spiro atoms. The van der Waals surface area contributed by atoms with Crippen LogP contribution in [0.25, 0.3) is 11.0 Å². The minimum Gasteiger partial charge on any atom is -0.348 e. The van der Waals surface area contributed by atoms with Crippen molar-refractivity contribution in [2.24, 2.45) is 0 Å². The highest BCUT2D eigenvalue weighted by Crippen LogP contribution is 2.32. The average molecular weight is 380 g/mol. The lowest BCUT2D eigenvalue weighted by molar-refractivity contribution is -0.123. The van der Waals surface area contributed by atoms with E-state index in [2.05, 4.69) is 32.4 Å². The number of piperidine rings is 1. The first-order chi connectivity index (χ1) is 13.6. The van der Waals surface area contributed by atoms with Gasteiger partial charge < -0.3 is 10.3 Å². The summed E-state index contributed by atoms with van der Waals surface area (Å²) < 4.78 is 13.0. The van der Waals surface area contributed by atoms with Gasteiger partial charge in [-0.15, -0.1) is 0 Å². The molecule has 3 aromatic rings. The van der Waals surface area contributed by atoms with Crippen LogP contribution in [0, 0.1) is 5.82 Å². The largest absolute Gasteiger partial charge is 0.348 e. The molecule has 1 saturated heterocycles. The van der Waals surface area contributed by atoms with Gasteiger partial charge in [0.2, 0.25) is 5.91 Å². The van der Waals surface area contributed by atoms with Crippen molar-refractivity contribution in [1.82, 2.24) is 20.2 Å². The van der Waals surface area contributed by atoms with Gasteiger partial charge in [0.15, 0.2) is 0 Å². The second kappa shape index (κ2) is 8.10. The van der Waals surface area contributed by atoms with E-state index in [1.54, 1.807) is 18.3 Å². The first kappa shape index (κ1) is 18.6. The zero-order chi connectivity index (χ0) is 19.5. The average Bonchev–Trinajstić information content (AvgIpc) is 3.13. The van der Waals surface area contributed by atoms with Crippen molar-refractivity contribution in [1.29, 1.82) is 0 Å². The van der Waals surface area contributed by atoms with Crippen molar-refractivity contribution in [2.75, 3.05) is 19.6 Å². The van der Waals surface area contributed by atoms with Gasteiger partial charge in [0, 0.05) is 17.8 Å². The van der Waals surface area contributed by atoms with Crippen LogP contribution in [-0.2, 0) is 4.79 Å². The van der Waals surface area contributed by atoms with Crippen LogP contribution in [0.1, 0.15) is 42.9 Å². The second-order valence-electron chi connectivity index (χ2n) is 7.53. The Balaban J connectivity index is 1.29. The van der Waals surface area contributed by atoms with E-state index < -0.39 is 0 Å². The van der Waals surface area contributed by atoms with Crippen LogP contribution in [0.4, 0.5) is 4.39 Å². The number of hydrogen-bond acceptors (Lipinski definition) is 3. The van der Waals surface area contributed by atoms with E-state index >= 15 is 0 Å². The maximum Gasteiger partial charge on any atom is 0.234 e. The molecular weight excluding hydrogens is 355 g/mol. The number of pyridine rings is 1. The molecule has 1 atom stereocenters. The number of halogens is 1. The minimum atomic E-state index is -0.267. The zero-order valence-electron chi connectivity index (χ0n) is 16.0. The van der Waals surface area contributed by atoms with Gasteiger partial charge >= 0.3 is 0 Å². The van der Waals surface area contributed by atoms with Crippen LogP contribution in [0.2, 0.25) is 0 Å². The number of nitrogens with zero attached hydrogens (tertiary/aromatic N) is 2. The monoisotopic (exact) mass is 380 g/mol. The molecule has 4 rings (SSSR count). The summed E-state index contributed by atoms with van der Waals surface area (Å²) in [7, 11) is 0. The Morgan fingerprint density at radius 1 is 1.29 bits per heavy atom. The van der Waals surface area contributed by atoms with Crippen LogP contribution in [0.3, 0.4) is 0 Å². The number of rotatable bonds is 5. The Labute approximate surface area is 164 Å². The van der Waals surface area contributed by atoms with Crippen LogP contribution in [-0.4, -0.2) is 40.4 Å². The Morgan fingerprint density at radius 3 is 2.79 bits per heavy atom. The lowest BCUT2D eigenvalue weighted by Gasteiger charge is -2.31. The fourth-order valence-corrected chi connectivity index (χ4v) is 4.04. The Morgan fingerprint density at radius 2 is 2.04 bits per heavy atom. The smallest absolute Gasteiger partial charge is 0.234 e. The highest BCUT2D eigenvalue weighted by molar-refractivity contribution is 5.80. The number of carbonyl (C=O) groups excluding carboxylic acids is 1. The summed E-state index contributed by atoms with van der Waals surface area (Å²) in [6.07, 6.45) is 5.94. The fraction of sp³-hybridized carbons (Fsp3) is 0.364. The number of likely N-dealkylation sites (tertiary alicyclic amines) is 1. The number of H-pyrrole nitrogens is 1. The summed E-state index contributed by atoms with van der Waals surface area (Å²) in [5.41, 5.74) is 3.17.